The van der Waals surface area contributed by atoms with Crippen molar-refractivity contribution in [2.24, 2.45) is 7.05 Å². The summed E-state index contributed by atoms with van der Waals surface area (Å²) in [7, 11) is 1.91. The second-order valence-electron chi connectivity index (χ2n) is 4.93. The fourth-order valence-corrected chi connectivity index (χ4v) is 3.35. The van der Waals surface area contributed by atoms with Gasteiger partial charge in [-0.25, -0.2) is 0 Å². The minimum atomic E-state index is 0.156. The van der Waals surface area contributed by atoms with Gasteiger partial charge in [0.25, 0.3) is 5.91 Å². The van der Waals surface area contributed by atoms with E-state index >= 15 is 0 Å². The first-order valence-corrected chi connectivity index (χ1v) is 7.46. The summed E-state index contributed by atoms with van der Waals surface area (Å²) in [5.41, 5.74) is 1.15. The molecule has 0 spiro atoms. The molecule has 1 fully saturated rings. The Hall–Kier alpha value is -1.62. The lowest BCUT2D eigenvalue weighted by molar-refractivity contribution is 0.0616. The summed E-state index contributed by atoms with van der Waals surface area (Å²) in [6.45, 7) is 0.844. The van der Waals surface area contributed by atoms with Crippen LogP contribution in [0.5, 0.6) is 0 Å². The van der Waals surface area contributed by atoms with Crippen molar-refractivity contribution in [1.82, 2.24) is 14.7 Å². The molecule has 1 saturated heterocycles. The van der Waals surface area contributed by atoms with Crippen molar-refractivity contribution in [1.29, 1.82) is 0 Å². The molecule has 100 valence electrons. The Labute approximate surface area is 116 Å². The molecule has 1 unspecified atom stereocenters. The van der Waals surface area contributed by atoms with Gasteiger partial charge < -0.3 is 4.90 Å². The van der Waals surface area contributed by atoms with Crippen LogP contribution in [0.1, 0.15) is 40.5 Å². The maximum Gasteiger partial charge on any atom is 0.264 e. The van der Waals surface area contributed by atoms with Crippen LogP contribution in [-0.2, 0) is 7.05 Å². The Morgan fingerprint density at radius 2 is 2.37 bits per heavy atom. The standard InChI is InChI=1S/C14H17N3OS/c1-16-10-11(9-15-16)12-5-2-3-7-17(12)14(18)13-6-4-8-19-13/h4,6,8-10,12H,2-3,5,7H2,1H3. The zero-order valence-corrected chi connectivity index (χ0v) is 11.8. The van der Waals surface area contributed by atoms with Gasteiger partial charge in [-0.3, -0.25) is 9.48 Å². The molecule has 2 aromatic heterocycles. The molecule has 1 aliphatic heterocycles. The molecule has 1 atom stereocenters. The van der Waals surface area contributed by atoms with Crippen molar-refractivity contribution in [3.8, 4) is 0 Å². The molecule has 1 amide bonds. The Morgan fingerprint density at radius 1 is 1.47 bits per heavy atom. The SMILES string of the molecule is Cn1cc(C2CCCCN2C(=O)c2cccs2)cn1. The second kappa shape index (κ2) is 5.17. The number of likely N-dealkylation sites (tertiary alicyclic amines) is 1. The van der Waals surface area contributed by atoms with E-state index in [1.54, 1.807) is 4.68 Å². The largest absolute Gasteiger partial charge is 0.331 e. The highest BCUT2D eigenvalue weighted by Crippen LogP contribution is 2.32. The fourth-order valence-electron chi connectivity index (χ4n) is 2.68. The number of hydrogen-bond acceptors (Lipinski definition) is 3. The summed E-state index contributed by atoms with van der Waals surface area (Å²) >= 11 is 1.52. The van der Waals surface area contributed by atoms with Crippen LogP contribution in [0.2, 0.25) is 0 Å². The molecule has 0 saturated carbocycles. The number of carbonyl (C=O) groups excluding carboxylic acids is 1. The van der Waals surface area contributed by atoms with E-state index in [2.05, 4.69) is 5.10 Å². The molecule has 19 heavy (non-hydrogen) atoms. The molecule has 1 aliphatic rings. The van der Waals surface area contributed by atoms with Crippen molar-refractivity contribution in [2.45, 2.75) is 25.3 Å². The highest BCUT2D eigenvalue weighted by Gasteiger charge is 2.29. The van der Waals surface area contributed by atoms with E-state index in [0.717, 1.165) is 29.8 Å². The first-order valence-electron chi connectivity index (χ1n) is 6.59. The minimum Gasteiger partial charge on any atom is -0.331 e. The summed E-state index contributed by atoms with van der Waals surface area (Å²) in [6, 6.07) is 4.01. The van der Waals surface area contributed by atoms with Gasteiger partial charge in [-0.2, -0.15) is 5.10 Å². The normalized spacial score (nSPS) is 19.6. The second-order valence-corrected chi connectivity index (χ2v) is 5.88. The molecule has 3 rings (SSSR count). The smallest absolute Gasteiger partial charge is 0.264 e. The lowest BCUT2D eigenvalue weighted by Crippen LogP contribution is -2.38. The van der Waals surface area contributed by atoms with Crippen LogP contribution in [0.25, 0.3) is 0 Å². The first-order chi connectivity index (χ1) is 9.25. The van der Waals surface area contributed by atoms with Crippen molar-refractivity contribution < 1.29 is 4.79 Å². The predicted molar refractivity (Wildman–Crippen MR) is 75.2 cm³/mol. The van der Waals surface area contributed by atoms with Gasteiger partial charge in [0, 0.05) is 25.4 Å². The van der Waals surface area contributed by atoms with Crippen molar-refractivity contribution >= 4 is 17.2 Å². The van der Waals surface area contributed by atoms with Gasteiger partial charge in [-0.15, -0.1) is 11.3 Å². The third kappa shape index (κ3) is 2.42. The molecule has 0 N–H and O–H groups in total. The summed E-state index contributed by atoms with van der Waals surface area (Å²) < 4.78 is 1.80. The van der Waals surface area contributed by atoms with Gasteiger partial charge in [0.15, 0.2) is 0 Å². The number of aromatic nitrogens is 2. The monoisotopic (exact) mass is 275 g/mol. The molecule has 5 heteroatoms. The van der Waals surface area contributed by atoms with E-state index in [4.69, 9.17) is 0 Å². The zero-order valence-electron chi connectivity index (χ0n) is 11.0. The maximum absolute atomic E-state index is 12.6. The van der Waals surface area contributed by atoms with E-state index in [0.29, 0.717) is 0 Å². The molecule has 4 nitrogen and oxygen atoms in total. The number of nitrogens with zero attached hydrogens (tertiary/aromatic N) is 3. The van der Waals surface area contributed by atoms with E-state index < -0.39 is 0 Å². The first kappa shape index (κ1) is 12.4. The molecular formula is C14H17N3OS. The summed E-state index contributed by atoms with van der Waals surface area (Å²) in [4.78, 5) is 15.4. The highest BCUT2D eigenvalue weighted by molar-refractivity contribution is 7.12. The van der Waals surface area contributed by atoms with Crippen LogP contribution in [0.15, 0.2) is 29.9 Å². The molecule has 0 aliphatic carbocycles. The van der Waals surface area contributed by atoms with Crippen molar-refractivity contribution in [3.05, 3.63) is 40.3 Å². The van der Waals surface area contributed by atoms with Crippen LogP contribution in [0.3, 0.4) is 0 Å². The van der Waals surface area contributed by atoms with Gasteiger partial charge in [0.1, 0.15) is 0 Å². The zero-order chi connectivity index (χ0) is 13.2. The highest BCUT2D eigenvalue weighted by atomic mass is 32.1. The number of piperidine rings is 1. The third-order valence-electron chi connectivity index (χ3n) is 3.61. The number of amides is 1. The quantitative estimate of drug-likeness (QED) is 0.845. The number of hydrogen-bond donors (Lipinski definition) is 0. The number of aryl methyl sites for hydroxylation is 1. The number of carbonyl (C=O) groups is 1. The molecular weight excluding hydrogens is 258 g/mol. The van der Waals surface area contributed by atoms with E-state index in [1.807, 2.05) is 41.9 Å². The summed E-state index contributed by atoms with van der Waals surface area (Å²) in [5, 5.41) is 6.18. The van der Waals surface area contributed by atoms with E-state index in [9.17, 15) is 4.79 Å². The summed E-state index contributed by atoms with van der Waals surface area (Å²) in [5.74, 6) is 0.156. The van der Waals surface area contributed by atoms with Crippen LogP contribution in [0.4, 0.5) is 0 Å². The Morgan fingerprint density at radius 3 is 3.05 bits per heavy atom. The minimum absolute atomic E-state index is 0.156. The van der Waals surface area contributed by atoms with Crippen LogP contribution < -0.4 is 0 Å². The predicted octanol–water partition coefficient (Wildman–Crippen LogP) is 2.85. The van der Waals surface area contributed by atoms with Gasteiger partial charge >= 0.3 is 0 Å². The average molecular weight is 275 g/mol. The maximum atomic E-state index is 12.6. The third-order valence-corrected chi connectivity index (χ3v) is 4.46. The molecule has 0 aromatic carbocycles. The van der Waals surface area contributed by atoms with E-state index in [-0.39, 0.29) is 11.9 Å². The van der Waals surface area contributed by atoms with E-state index in [1.165, 1.54) is 17.8 Å². The van der Waals surface area contributed by atoms with Gasteiger partial charge in [-0.05, 0) is 30.7 Å². The van der Waals surface area contributed by atoms with Crippen molar-refractivity contribution in [3.63, 3.8) is 0 Å². The van der Waals surface area contributed by atoms with Crippen molar-refractivity contribution in [2.75, 3.05) is 6.54 Å². The molecule has 0 radical (unpaired) electrons. The van der Waals surface area contributed by atoms with Crippen LogP contribution >= 0.6 is 11.3 Å². The Balaban J connectivity index is 1.87. The number of rotatable bonds is 2. The van der Waals surface area contributed by atoms with Crippen LogP contribution in [-0.4, -0.2) is 27.1 Å². The topological polar surface area (TPSA) is 38.1 Å². The molecule has 0 bridgehead atoms. The lowest BCUT2D eigenvalue weighted by atomic mass is 9.97. The van der Waals surface area contributed by atoms with Gasteiger partial charge in [0.05, 0.1) is 17.1 Å². The lowest BCUT2D eigenvalue weighted by Gasteiger charge is -2.35. The average Bonchev–Trinajstić information content (AvgIpc) is 3.09. The van der Waals surface area contributed by atoms with Gasteiger partial charge in [-0.1, -0.05) is 6.07 Å². The molecule has 3 heterocycles. The Kier molecular flexibility index (Phi) is 3.38. The van der Waals surface area contributed by atoms with Crippen LogP contribution in [0, 0.1) is 0 Å². The Bertz CT molecular complexity index is 561. The molecule has 2 aromatic rings. The van der Waals surface area contributed by atoms with Gasteiger partial charge in [0.2, 0.25) is 0 Å². The summed E-state index contributed by atoms with van der Waals surface area (Å²) in [6.07, 6.45) is 7.19. The fraction of sp³-hybridized carbons (Fsp3) is 0.429. The number of thiophene rings is 1.